The van der Waals surface area contributed by atoms with Crippen LogP contribution in [0.3, 0.4) is 0 Å². The van der Waals surface area contributed by atoms with Crippen LogP contribution in [0.1, 0.15) is 36.1 Å². The van der Waals surface area contributed by atoms with Gasteiger partial charge < -0.3 is 5.73 Å². The minimum Gasteiger partial charge on any atom is -0.398 e. The van der Waals surface area contributed by atoms with Crippen LogP contribution in [0.5, 0.6) is 0 Å². The van der Waals surface area contributed by atoms with Crippen LogP contribution in [-0.4, -0.2) is 23.0 Å². The third-order valence-electron chi connectivity index (χ3n) is 4.85. The molecule has 1 aliphatic heterocycles. The maximum absolute atomic E-state index is 6.09. The first-order valence-corrected chi connectivity index (χ1v) is 7.08. The van der Waals surface area contributed by atoms with Crippen LogP contribution in [0.2, 0.25) is 0 Å². The fourth-order valence-corrected chi connectivity index (χ4v) is 3.62. The number of aryl methyl sites for hydroxylation is 1. The first-order valence-electron chi connectivity index (χ1n) is 7.08. The van der Waals surface area contributed by atoms with E-state index in [1.807, 2.05) is 13.1 Å². The Morgan fingerprint density at radius 2 is 1.94 bits per heavy atom. The van der Waals surface area contributed by atoms with E-state index in [-0.39, 0.29) is 0 Å². The zero-order chi connectivity index (χ0) is 12.7. The van der Waals surface area contributed by atoms with Gasteiger partial charge in [0.05, 0.1) is 5.69 Å². The lowest BCUT2D eigenvalue weighted by Gasteiger charge is -2.18. The predicted octanol–water partition coefficient (Wildman–Crippen LogP) is 2.51. The van der Waals surface area contributed by atoms with Gasteiger partial charge in [0.2, 0.25) is 0 Å². The van der Waals surface area contributed by atoms with Crippen LogP contribution < -0.4 is 5.73 Å². The number of fused-ring (bicyclic) bond motifs is 1. The molecular formula is C15H23N3. The van der Waals surface area contributed by atoms with Crippen molar-refractivity contribution >= 4 is 5.69 Å². The molecule has 0 radical (unpaired) electrons. The molecule has 98 valence electrons. The number of hydrogen-bond acceptors (Lipinski definition) is 3. The van der Waals surface area contributed by atoms with E-state index in [1.165, 1.54) is 37.9 Å². The second-order valence-electron chi connectivity index (χ2n) is 6.07. The third-order valence-corrected chi connectivity index (χ3v) is 4.85. The molecule has 3 heteroatoms. The van der Waals surface area contributed by atoms with Crippen LogP contribution in [-0.2, 0) is 6.54 Å². The van der Waals surface area contributed by atoms with Gasteiger partial charge in [-0.05, 0) is 49.7 Å². The molecule has 2 atom stereocenters. The zero-order valence-corrected chi connectivity index (χ0v) is 11.4. The highest BCUT2D eigenvalue weighted by Crippen LogP contribution is 2.38. The number of anilines is 1. The van der Waals surface area contributed by atoms with Crippen LogP contribution in [0.4, 0.5) is 5.69 Å². The van der Waals surface area contributed by atoms with Gasteiger partial charge in [0.25, 0.3) is 0 Å². The van der Waals surface area contributed by atoms with E-state index in [9.17, 15) is 0 Å². The summed E-state index contributed by atoms with van der Waals surface area (Å²) < 4.78 is 0. The number of nitrogens with two attached hydrogens (primary N) is 1. The summed E-state index contributed by atoms with van der Waals surface area (Å²) in [7, 11) is 0. The van der Waals surface area contributed by atoms with E-state index in [0.717, 1.165) is 35.3 Å². The van der Waals surface area contributed by atoms with Crippen LogP contribution in [0.25, 0.3) is 0 Å². The minimum atomic E-state index is 0.916. The molecule has 2 N–H and O–H groups in total. The third kappa shape index (κ3) is 2.01. The molecule has 2 aliphatic rings. The molecule has 3 rings (SSSR count). The summed E-state index contributed by atoms with van der Waals surface area (Å²) >= 11 is 0. The van der Waals surface area contributed by atoms with Crippen molar-refractivity contribution in [3.8, 4) is 0 Å². The van der Waals surface area contributed by atoms with Gasteiger partial charge in [-0.2, -0.15) is 0 Å². The van der Waals surface area contributed by atoms with Crippen LogP contribution in [0.15, 0.2) is 6.20 Å². The molecule has 0 amide bonds. The number of likely N-dealkylation sites (tertiary alicyclic amines) is 1. The van der Waals surface area contributed by atoms with Gasteiger partial charge >= 0.3 is 0 Å². The summed E-state index contributed by atoms with van der Waals surface area (Å²) in [6.07, 6.45) is 6.22. The van der Waals surface area contributed by atoms with E-state index in [1.54, 1.807) is 0 Å². The largest absolute Gasteiger partial charge is 0.398 e. The van der Waals surface area contributed by atoms with E-state index >= 15 is 0 Å². The van der Waals surface area contributed by atoms with Crippen molar-refractivity contribution in [1.82, 2.24) is 9.88 Å². The highest BCUT2D eigenvalue weighted by Gasteiger charge is 2.36. The number of rotatable bonds is 2. The Morgan fingerprint density at radius 1 is 1.28 bits per heavy atom. The number of nitrogen functional groups attached to an aromatic ring is 1. The fraction of sp³-hybridized carbons (Fsp3) is 0.667. The Balaban J connectivity index is 1.72. The standard InChI is InChI=1S/C15H23N3/c1-10-6-17-14(11(2)15(10)16)9-18-7-12-4-3-5-13(12)8-18/h6,12-13H,3-5,7-9H2,1-2H3,(H2,16,17). The number of nitrogens with zero attached hydrogens (tertiary/aromatic N) is 2. The molecule has 2 unspecified atom stereocenters. The van der Waals surface area contributed by atoms with Gasteiger partial charge in [-0.15, -0.1) is 0 Å². The van der Waals surface area contributed by atoms with E-state index in [2.05, 4.69) is 16.8 Å². The van der Waals surface area contributed by atoms with Gasteiger partial charge in [0.15, 0.2) is 0 Å². The van der Waals surface area contributed by atoms with Gasteiger partial charge in [-0.3, -0.25) is 9.88 Å². The summed E-state index contributed by atoms with van der Waals surface area (Å²) in [6.45, 7) is 7.63. The maximum atomic E-state index is 6.09. The van der Waals surface area contributed by atoms with Crippen LogP contribution >= 0.6 is 0 Å². The maximum Gasteiger partial charge on any atom is 0.0593 e. The zero-order valence-electron chi connectivity index (χ0n) is 11.4. The summed E-state index contributed by atoms with van der Waals surface area (Å²) in [5, 5.41) is 0. The Labute approximate surface area is 109 Å². The van der Waals surface area contributed by atoms with E-state index in [0.29, 0.717) is 0 Å². The lowest BCUT2D eigenvalue weighted by Crippen LogP contribution is -2.22. The Hall–Kier alpha value is -1.09. The average molecular weight is 245 g/mol. The summed E-state index contributed by atoms with van der Waals surface area (Å²) in [6, 6.07) is 0. The monoisotopic (exact) mass is 245 g/mol. The first kappa shape index (κ1) is 12.0. The molecule has 1 saturated heterocycles. The molecule has 1 saturated carbocycles. The Bertz CT molecular complexity index is 443. The lowest BCUT2D eigenvalue weighted by atomic mass is 10.0. The van der Waals surface area contributed by atoms with E-state index < -0.39 is 0 Å². The SMILES string of the molecule is Cc1cnc(CN2CC3CCCC3C2)c(C)c1N. The number of aromatic nitrogens is 1. The Morgan fingerprint density at radius 3 is 2.61 bits per heavy atom. The average Bonchev–Trinajstić information content (AvgIpc) is 2.90. The van der Waals surface area contributed by atoms with Crippen molar-refractivity contribution in [3.05, 3.63) is 23.0 Å². The van der Waals surface area contributed by atoms with Gasteiger partial charge in [-0.25, -0.2) is 0 Å². The second-order valence-corrected chi connectivity index (χ2v) is 6.07. The van der Waals surface area contributed by atoms with Gasteiger partial charge in [0, 0.05) is 31.5 Å². The molecule has 18 heavy (non-hydrogen) atoms. The molecule has 3 nitrogen and oxygen atoms in total. The molecule has 1 aromatic rings. The molecule has 1 aromatic heterocycles. The molecule has 0 spiro atoms. The summed E-state index contributed by atoms with van der Waals surface area (Å²) in [5.74, 6) is 1.90. The van der Waals surface area contributed by atoms with Crippen molar-refractivity contribution < 1.29 is 0 Å². The van der Waals surface area contributed by atoms with Crippen molar-refractivity contribution in [1.29, 1.82) is 0 Å². The van der Waals surface area contributed by atoms with Crippen molar-refractivity contribution in [2.24, 2.45) is 11.8 Å². The van der Waals surface area contributed by atoms with Crippen molar-refractivity contribution in [2.75, 3.05) is 18.8 Å². The lowest BCUT2D eigenvalue weighted by molar-refractivity contribution is 0.299. The second kappa shape index (κ2) is 4.54. The van der Waals surface area contributed by atoms with Gasteiger partial charge in [-0.1, -0.05) is 6.42 Å². The topological polar surface area (TPSA) is 42.2 Å². The Kier molecular flexibility index (Phi) is 3.02. The molecule has 0 bridgehead atoms. The summed E-state index contributed by atoms with van der Waals surface area (Å²) in [5.41, 5.74) is 10.4. The van der Waals surface area contributed by atoms with Crippen LogP contribution in [0, 0.1) is 25.7 Å². The normalized spacial score (nSPS) is 27.7. The van der Waals surface area contributed by atoms with Crippen molar-refractivity contribution in [3.63, 3.8) is 0 Å². The molecule has 2 fully saturated rings. The number of hydrogen-bond donors (Lipinski definition) is 1. The van der Waals surface area contributed by atoms with Gasteiger partial charge in [0.1, 0.15) is 0 Å². The molecule has 2 heterocycles. The van der Waals surface area contributed by atoms with Crippen molar-refractivity contribution in [2.45, 2.75) is 39.7 Å². The predicted molar refractivity (Wildman–Crippen MR) is 74.2 cm³/mol. The summed E-state index contributed by atoms with van der Waals surface area (Å²) in [4.78, 5) is 7.14. The molecular weight excluding hydrogens is 222 g/mol. The first-order chi connectivity index (χ1) is 8.65. The highest BCUT2D eigenvalue weighted by molar-refractivity contribution is 5.53. The quantitative estimate of drug-likeness (QED) is 0.870. The fourth-order valence-electron chi connectivity index (χ4n) is 3.62. The van der Waals surface area contributed by atoms with E-state index in [4.69, 9.17) is 5.73 Å². The minimum absolute atomic E-state index is 0.916. The smallest absolute Gasteiger partial charge is 0.0593 e. The molecule has 1 aliphatic carbocycles. The number of pyridine rings is 1. The molecule has 0 aromatic carbocycles. The highest BCUT2D eigenvalue weighted by atomic mass is 15.2.